The number of rotatable bonds is 5. The van der Waals surface area contributed by atoms with Crippen molar-refractivity contribution in [3.8, 4) is 0 Å². The van der Waals surface area contributed by atoms with Gasteiger partial charge in [0.15, 0.2) is 0 Å². The molecule has 4 heteroatoms. The van der Waals surface area contributed by atoms with E-state index in [2.05, 4.69) is 17.6 Å². The normalized spacial score (nSPS) is 21.7. The predicted octanol–water partition coefficient (Wildman–Crippen LogP) is 2.87. The third-order valence-corrected chi connectivity index (χ3v) is 4.24. The minimum absolute atomic E-state index is 0.0739. The first-order valence-corrected chi connectivity index (χ1v) is 7.53. The summed E-state index contributed by atoms with van der Waals surface area (Å²) in [5, 5.41) is 6.20. The van der Waals surface area contributed by atoms with Crippen LogP contribution in [-0.4, -0.2) is 19.0 Å². The van der Waals surface area contributed by atoms with Gasteiger partial charge >= 0.3 is 0 Å². The van der Waals surface area contributed by atoms with Gasteiger partial charge in [0.25, 0.3) is 5.91 Å². The van der Waals surface area contributed by atoms with E-state index in [0.29, 0.717) is 17.8 Å². The van der Waals surface area contributed by atoms with Gasteiger partial charge in [-0.05, 0) is 43.4 Å². The lowest BCUT2D eigenvalue weighted by Gasteiger charge is -2.18. The maximum atomic E-state index is 11.7. The van der Waals surface area contributed by atoms with Crippen molar-refractivity contribution in [1.82, 2.24) is 5.32 Å². The van der Waals surface area contributed by atoms with Crippen LogP contribution >= 0.6 is 0 Å². The molecule has 4 N–H and O–H groups in total. The zero-order valence-electron chi connectivity index (χ0n) is 12.4. The standard InChI is InChI=1S/C16H25N3O/c1-3-18-16(20)12-7-8-15(14(17)9-12)19-10-13-6-4-5-11(13)2/h7-9,11,13,19H,3-6,10,17H2,1-2H3,(H,18,20). The molecular formula is C16H25N3O. The Kier molecular flexibility index (Phi) is 4.88. The van der Waals surface area contributed by atoms with Gasteiger partial charge in [0.05, 0.1) is 11.4 Å². The molecule has 1 aromatic rings. The molecule has 1 amide bonds. The topological polar surface area (TPSA) is 67.2 Å². The number of carbonyl (C=O) groups excluding carboxylic acids is 1. The lowest BCUT2D eigenvalue weighted by atomic mass is 9.98. The lowest BCUT2D eigenvalue weighted by Crippen LogP contribution is -2.23. The van der Waals surface area contributed by atoms with Crippen LogP contribution in [0.4, 0.5) is 11.4 Å². The number of hydrogen-bond acceptors (Lipinski definition) is 3. The number of nitrogen functional groups attached to an aromatic ring is 1. The molecule has 0 saturated heterocycles. The SMILES string of the molecule is CCNC(=O)c1ccc(NCC2CCCC2C)c(N)c1. The van der Waals surface area contributed by atoms with Gasteiger partial charge in [-0.1, -0.05) is 19.8 Å². The highest BCUT2D eigenvalue weighted by Crippen LogP contribution is 2.31. The van der Waals surface area contributed by atoms with Gasteiger partial charge < -0.3 is 16.4 Å². The van der Waals surface area contributed by atoms with Crippen molar-refractivity contribution in [1.29, 1.82) is 0 Å². The zero-order chi connectivity index (χ0) is 14.5. The van der Waals surface area contributed by atoms with Gasteiger partial charge in [-0.2, -0.15) is 0 Å². The molecule has 0 radical (unpaired) electrons. The minimum Gasteiger partial charge on any atom is -0.397 e. The fourth-order valence-corrected chi connectivity index (χ4v) is 2.89. The first kappa shape index (κ1) is 14.7. The fraction of sp³-hybridized carbons (Fsp3) is 0.562. The van der Waals surface area contributed by atoms with E-state index in [1.54, 1.807) is 6.07 Å². The van der Waals surface area contributed by atoms with Gasteiger partial charge in [-0.15, -0.1) is 0 Å². The predicted molar refractivity (Wildman–Crippen MR) is 83.9 cm³/mol. The van der Waals surface area contributed by atoms with Gasteiger partial charge in [-0.3, -0.25) is 4.79 Å². The van der Waals surface area contributed by atoms with E-state index in [1.165, 1.54) is 19.3 Å². The first-order valence-electron chi connectivity index (χ1n) is 7.53. The highest BCUT2D eigenvalue weighted by Gasteiger charge is 2.23. The summed E-state index contributed by atoms with van der Waals surface area (Å²) in [6.07, 6.45) is 3.96. The molecule has 0 spiro atoms. The van der Waals surface area contributed by atoms with Crippen molar-refractivity contribution in [3.05, 3.63) is 23.8 Å². The molecule has 1 aliphatic rings. The smallest absolute Gasteiger partial charge is 0.251 e. The van der Waals surface area contributed by atoms with E-state index in [9.17, 15) is 4.79 Å². The van der Waals surface area contributed by atoms with Crippen LogP contribution in [0.25, 0.3) is 0 Å². The summed E-state index contributed by atoms with van der Waals surface area (Å²) < 4.78 is 0. The number of anilines is 2. The Bertz CT molecular complexity index is 473. The van der Waals surface area contributed by atoms with Crippen molar-refractivity contribution < 1.29 is 4.79 Å². The summed E-state index contributed by atoms with van der Waals surface area (Å²) in [6, 6.07) is 5.46. The maximum Gasteiger partial charge on any atom is 0.251 e. The molecule has 20 heavy (non-hydrogen) atoms. The van der Waals surface area contributed by atoms with Crippen LogP contribution in [0.5, 0.6) is 0 Å². The fourth-order valence-electron chi connectivity index (χ4n) is 2.89. The Labute approximate surface area is 121 Å². The van der Waals surface area contributed by atoms with Crippen molar-refractivity contribution in [3.63, 3.8) is 0 Å². The second kappa shape index (κ2) is 6.64. The summed E-state index contributed by atoms with van der Waals surface area (Å²) in [4.78, 5) is 11.7. The second-order valence-electron chi connectivity index (χ2n) is 5.71. The molecule has 1 fully saturated rings. The molecule has 0 aromatic heterocycles. The number of carbonyl (C=O) groups is 1. The minimum atomic E-state index is -0.0739. The molecule has 0 aliphatic heterocycles. The van der Waals surface area contributed by atoms with E-state index in [4.69, 9.17) is 5.73 Å². The molecular weight excluding hydrogens is 250 g/mol. The quantitative estimate of drug-likeness (QED) is 0.724. The average molecular weight is 275 g/mol. The molecule has 1 saturated carbocycles. The zero-order valence-corrected chi connectivity index (χ0v) is 12.4. The summed E-state index contributed by atoms with van der Waals surface area (Å²) in [7, 11) is 0. The molecule has 4 nitrogen and oxygen atoms in total. The number of nitrogens with one attached hydrogen (secondary N) is 2. The van der Waals surface area contributed by atoms with E-state index in [1.807, 2.05) is 19.1 Å². The van der Waals surface area contributed by atoms with Crippen molar-refractivity contribution >= 4 is 17.3 Å². The summed E-state index contributed by atoms with van der Waals surface area (Å²) >= 11 is 0. The highest BCUT2D eigenvalue weighted by molar-refractivity contribution is 5.96. The lowest BCUT2D eigenvalue weighted by molar-refractivity contribution is 0.0956. The molecule has 2 atom stereocenters. The van der Waals surface area contributed by atoms with Crippen molar-refractivity contribution in [2.75, 3.05) is 24.1 Å². The largest absolute Gasteiger partial charge is 0.397 e. The summed E-state index contributed by atoms with van der Waals surface area (Å²) in [5.41, 5.74) is 8.21. The van der Waals surface area contributed by atoms with E-state index in [0.717, 1.165) is 24.1 Å². The van der Waals surface area contributed by atoms with Gasteiger partial charge in [-0.25, -0.2) is 0 Å². The van der Waals surface area contributed by atoms with Crippen LogP contribution in [0.2, 0.25) is 0 Å². The number of nitrogens with two attached hydrogens (primary N) is 1. The summed E-state index contributed by atoms with van der Waals surface area (Å²) in [5.74, 6) is 1.45. The van der Waals surface area contributed by atoms with Crippen molar-refractivity contribution in [2.45, 2.75) is 33.1 Å². The van der Waals surface area contributed by atoms with Crippen LogP contribution in [0, 0.1) is 11.8 Å². The maximum absolute atomic E-state index is 11.7. The Hall–Kier alpha value is -1.71. The van der Waals surface area contributed by atoms with Gasteiger partial charge in [0, 0.05) is 18.7 Å². The van der Waals surface area contributed by atoms with Crippen LogP contribution < -0.4 is 16.4 Å². The third-order valence-electron chi connectivity index (χ3n) is 4.24. The molecule has 2 unspecified atom stereocenters. The second-order valence-corrected chi connectivity index (χ2v) is 5.71. The van der Waals surface area contributed by atoms with Crippen molar-refractivity contribution in [2.24, 2.45) is 11.8 Å². The molecule has 2 rings (SSSR count). The Morgan fingerprint density at radius 1 is 1.40 bits per heavy atom. The molecule has 110 valence electrons. The molecule has 0 bridgehead atoms. The van der Waals surface area contributed by atoms with E-state index < -0.39 is 0 Å². The van der Waals surface area contributed by atoms with Crippen LogP contribution in [0.1, 0.15) is 43.5 Å². The number of hydrogen-bond donors (Lipinski definition) is 3. The van der Waals surface area contributed by atoms with Crippen LogP contribution in [0.15, 0.2) is 18.2 Å². The molecule has 1 aromatic carbocycles. The monoisotopic (exact) mass is 275 g/mol. The third kappa shape index (κ3) is 3.44. The van der Waals surface area contributed by atoms with Crippen LogP contribution in [0.3, 0.4) is 0 Å². The Morgan fingerprint density at radius 3 is 2.80 bits per heavy atom. The van der Waals surface area contributed by atoms with E-state index >= 15 is 0 Å². The Morgan fingerprint density at radius 2 is 2.20 bits per heavy atom. The van der Waals surface area contributed by atoms with Gasteiger partial charge in [0.1, 0.15) is 0 Å². The van der Waals surface area contributed by atoms with Crippen LogP contribution in [-0.2, 0) is 0 Å². The number of benzene rings is 1. The van der Waals surface area contributed by atoms with Gasteiger partial charge in [0.2, 0.25) is 0 Å². The first-order chi connectivity index (χ1) is 9.61. The summed E-state index contributed by atoms with van der Waals surface area (Å²) in [6.45, 7) is 5.81. The molecule has 1 aliphatic carbocycles. The number of amides is 1. The highest BCUT2D eigenvalue weighted by atomic mass is 16.1. The molecule has 0 heterocycles. The average Bonchev–Trinajstić information content (AvgIpc) is 2.83. The van der Waals surface area contributed by atoms with E-state index in [-0.39, 0.29) is 5.91 Å². The Balaban J connectivity index is 1.97.